The minimum absolute atomic E-state index is 0.282. The Balaban J connectivity index is 2.82. The first kappa shape index (κ1) is 6.43. The second-order valence-corrected chi connectivity index (χ2v) is 0.898. The van der Waals surface area contributed by atoms with Crippen LogP contribution in [0, 0.1) is 7.11 Å². The van der Waals surface area contributed by atoms with Crippen molar-refractivity contribution in [1.29, 1.82) is 0 Å². The zero-order valence-electron chi connectivity index (χ0n) is 3.93. The molecular weight excluding hydrogens is 96.0 g/mol. The van der Waals surface area contributed by atoms with Crippen molar-refractivity contribution in [3.63, 3.8) is 0 Å². The third-order valence-electron chi connectivity index (χ3n) is 0.321. The number of ether oxygens (including phenoxy) is 2. The molecule has 3 heteroatoms. The van der Waals surface area contributed by atoms with Gasteiger partial charge < -0.3 is 9.47 Å². The highest BCUT2D eigenvalue weighted by atomic mass is 16.7. The fourth-order valence-electron chi connectivity index (χ4n) is 0.112. The summed E-state index contributed by atoms with van der Waals surface area (Å²) in [4.78, 5) is 9.82. The Kier molecular flexibility index (Phi) is 3.32. The Morgan fingerprint density at radius 2 is 2.43 bits per heavy atom. The molecule has 0 fully saturated rings. The van der Waals surface area contributed by atoms with Crippen molar-refractivity contribution in [3.8, 4) is 0 Å². The molecule has 0 heterocycles. The van der Waals surface area contributed by atoms with E-state index in [9.17, 15) is 4.79 Å². The molecule has 0 N–H and O–H groups in total. The van der Waals surface area contributed by atoms with Gasteiger partial charge in [-0.1, -0.05) is 0 Å². The molecule has 0 amide bonds. The van der Waals surface area contributed by atoms with Crippen molar-refractivity contribution in [2.75, 3.05) is 6.79 Å². The highest BCUT2D eigenvalue weighted by Gasteiger charge is 1.85. The van der Waals surface area contributed by atoms with E-state index < -0.39 is 5.97 Å². The number of rotatable bonds is 2. The van der Waals surface area contributed by atoms with Crippen LogP contribution in [-0.2, 0) is 14.3 Å². The highest BCUT2D eigenvalue weighted by Crippen LogP contribution is 1.74. The van der Waals surface area contributed by atoms with Crippen LogP contribution in [0.4, 0.5) is 0 Å². The molecule has 0 bridgehead atoms. The van der Waals surface area contributed by atoms with Gasteiger partial charge in [-0.05, 0) is 0 Å². The zero-order chi connectivity index (χ0) is 5.70. The molecule has 39 valence electrons. The molecule has 0 saturated heterocycles. The first-order valence-corrected chi connectivity index (χ1v) is 1.69. The van der Waals surface area contributed by atoms with Crippen LogP contribution in [0.1, 0.15) is 6.92 Å². The first-order valence-electron chi connectivity index (χ1n) is 1.69. The monoisotopic (exact) mass is 101 g/mol. The zero-order valence-corrected chi connectivity index (χ0v) is 3.93. The van der Waals surface area contributed by atoms with Gasteiger partial charge in [0.2, 0.25) is 0 Å². The Bertz CT molecular complexity index is 60.0. The number of hydrogen-bond acceptors (Lipinski definition) is 3. The minimum atomic E-state index is -0.438. The van der Waals surface area contributed by atoms with E-state index in [4.69, 9.17) is 7.11 Å². The number of carbonyl (C=O) groups excluding carboxylic acids is 1. The third kappa shape index (κ3) is 5.43. The van der Waals surface area contributed by atoms with Crippen LogP contribution in [0.25, 0.3) is 0 Å². The first-order chi connectivity index (χ1) is 3.27. The quantitative estimate of drug-likeness (QED) is 0.364. The fraction of sp³-hybridized carbons (Fsp3) is 0.500. The van der Waals surface area contributed by atoms with E-state index in [1.54, 1.807) is 0 Å². The van der Waals surface area contributed by atoms with Gasteiger partial charge in [0.05, 0.1) is 0 Å². The molecule has 0 aromatic heterocycles. The summed E-state index contributed by atoms with van der Waals surface area (Å²) in [6, 6.07) is 0. The number of esters is 1. The number of carbonyl (C=O) groups is 1. The van der Waals surface area contributed by atoms with Crippen molar-refractivity contribution >= 4 is 5.97 Å². The van der Waals surface area contributed by atoms with Crippen molar-refractivity contribution in [2.24, 2.45) is 0 Å². The van der Waals surface area contributed by atoms with Gasteiger partial charge in [-0.25, -0.2) is 0 Å². The predicted octanol–water partition coefficient (Wildman–Crippen LogP) is 0.0692. The maximum Gasteiger partial charge on any atom is 0.304 e. The van der Waals surface area contributed by atoms with Crippen molar-refractivity contribution < 1.29 is 14.3 Å². The van der Waals surface area contributed by atoms with E-state index >= 15 is 0 Å². The van der Waals surface area contributed by atoms with Gasteiger partial charge in [0, 0.05) is 6.92 Å². The van der Waals surface area contributed by atoms with Gasteiger partial charge in [-0.2, -0.15) is 0 Å². The van der Waals surface area contributed by atoms with Gasteiger partial charge in [0.25, 0.3) is 0 Å². The minimum Gasteiger partial charge on any atom is -0.439 e. The molecule has 0 aliphatic heterocycles. The summed E-state index contributed by atoms with van der Waals surface area (Å²) in [5, 5.41) is 0. The summed E-state index contributed by atoms with van der Waals surface area (Å²) in [7, 11) is 6.02. The van der Waals surface area contributed by atoms with E-state index in [2.05, 4.69) is 9.47 Å². The SMILES string of the molecule is [C]OCOC(C)=O. The molecule has 0 aromatic carbocycles. The highest BCUT2D eigenvalue weighted by molar-refractivity contribution is 5.65. The van der Waals surface area contributed by atoms with E-state index in [1.807, 2.05) is 0 Å². The van der Waals surface area contributed by atoms with E-state index in [0.29, 0.717) is 0 Å². The van der Waals surface area contributed by atoms with Crippen molar-refractivity contribution in [1.82, 2.24) is 0 Å². The molecule has 0 aliphatic rings. The Morgan fingerprint density at radius 3 is 2.57 bits per heavy atom. The summed E-state index contributed by atoms with van der Waals surface area (Å²) < 4.78 is 7.80. The maximum atomic E-state index is 9.82. The van der Waals surface area contributed by atoms with Crippen LogP contribution >= 0.6 is 0 Å². The number of hydrogen-bond donors (Lipinski definition) is 0. The average Bonchev–Trinajstić information content (AvgIpc) is 1.61. The topological polar surface area (TPSA) is 35.5 Å². The molecule has 0 spiro atoms. The van der Waals surface area contributed by atoms with E-state index in [-0.39, 0.29) is 6.79 Å². The average molecular weight is 101 g/mol. The van der Waals surface area contributed by atoms with Crippen LogP contribution in [0.3, 0.4) is 0 Å². The molecule has 0 aromatic rings. The van der Waals surface area contributed by atoms with Crippen LogP contribution < -0.4 is 0 Å². The predicted molar refractivity (Wildman–Crippen MR) is 21.0 cm³/mol. The second-order valence-electron chi connectivity index (χ2n) is 0.898. The van der Waals surface area contributed by atoms with Crippen LogP contribution in [0.5, 0.6) is 0 Å². The standard InChI is InChI=1S/C4H5O3/c1-4(5)7-3-6-2/h3H2,1H3. The largest absolute Gasteiger partial charge is 0.439 e. The smallest absolute Gasteiger partial charge is 0.304 e. The van der Waals surface area contributed by atoms with Crippen molar-refractivity contribution in [3.05, 3.63) is 7.11 Å². The van der Waals surface area contributed by atoms with E-state index in [0.717, 1.165) is 0 Å². The molecule has 7 heavy (non-hydrogen) atoms. The molecule has 0 saturated carbocycles. The van der Waals surface area contributed by atoms with Gasteiger partial charge in [0.15, 0.2) is 13.9 Å². The molecule has 0 atom stereocenters. The lowest BCUT2D eigenvalue weighted by Crippen LogP contribution is -2.00. The lowest BCUT2D eigenvalue weighted by Gasteiger charge is -1.94. The van der Waals surface area contributed by atoms with Crippen LogP contribution in [-0.4, -0.2) is 12.8 Å². The lowest BCUT2D eigenvalue weighted by atomic mass is 10.8. The normalized spacial score (nSPS) is 8.29. The lowest BCUT2D eigenvalue weighted by molar-refractivity contribution is -0.149. The summed E-state index contributed by atoms with van der Waals surface area (Å²) in [6.07, 6.45) is 0. The second kappa shape index (κ2) is 3.61. The van der Waals surface area contributed by atoms with Gasteiger partial charge in [0.1, 0.15) is 0 Å². The summed E-state index contributed by atoms with van der Waals surface area (Å²) in [5.41, 5.74) is 0. The van der Waals surface area contributed by atoms with E-state index in [1.165, 1.54) is 6.92 Å². The van der Waals surface area contributed by atoms with Crippen LogP contribution in [0.15, 0.2) is 0 Å². The van der Waals surface area contributed by atoms with Crippen molar-refractivity contribution in [2.45, 2.75) is 6.92 Å². The molecule has 3 radical (unpaired) electrons. The Labute approximate surface area is 42.2 Å². The summed E-state index contributed by atoms with van der Waals surface area (Å²) in [5.74, 6) is -0.438. The Hall–Kier alpha value is -0.570. The van der Waals surface area contributed by atoms with Gasteiger partial charge in [-0.3, -0.25) is 4.79 Å². The third-order valence-corrected chi connectivity index (χ3v) is 0.321. The Morgan fingerprint density at radius 1 is 1.86 bits per heavy atom. The molecular formula is C4H5O3. The van der Waals surface area contributed by atoms with Crippen LogP contribution in [0.2, 0.25) is 0 Å². The fourth-order valence-corrected chi connectivity index (χ4v) is 0.112. The maximum absolute atomic E-state index is 9.82. The summed E-state index contributed by atoms with van der Waals surface area (Å²) >= 11 is 0. The van der Waals surface area contributed by atoms with Gasteiger partial charge >= 0.3 is 5.97 Å². The summed E-state index contributed by atoms with van der Waals surface area (Å²) in [6.45, 7) is 0.967. The molecule has 3 nitrogen and oxygen atoms in total. The molecule has 0 aliphatic carbocycles. The van der Waals surface area contributed by atoms with Gasteiger partial charge in [-0.15, -0.1) is 0 Å². The molecule has 0 unspecified atom stereocenters. The molecule has 0 rings (SSSR count).